The molecule has 4 fully saturated rings. The van der Waals surface area contributed by atoms with Crippen LogP contribution in [0.4, 0.5) is 4.79 Å². The molecule has 7 atom stereocenters. The standard InChI is InChI=1S/C23H36O5.C6H12N2O/c1-14(10-21(26)22(27)28)19-7-8-20-16(4-3-9-23(19,20)2)6-5-15-11-17(24)13-18(25)12-15;7-6(9)8-4-2-1-3-5-8/h5-6,14,17-21,24-26H,3-4,7-13H2,1-2H3,(H,27,28);1-5H2,(H2,7,9)/t14-,17-,18-,19-,20+,21?,23-;/m1./s1. The van der Waals surface area contributed by atoms with E-state index in [0.717, 1.165) is 63.6 Å². The van der Waals surface area contributed by atoms with Crippen molar-refractivity contribution in [2.75, 3.05) is 13.1 Å². The molecule has 2 amide bonds. The minimum Gasteiger partial charge on any atom is -0.479 e. The summed E-state index contributed by atoms with van der Waals surface area (Å²) in [5.41, 5.74) is 7.80. The lowest BCUT2D eigenvalue weighted by Crippen LogP contribution is -2.39. The number of piperidine rings is 1. The number of nitrogens with two attached hydrogens (primary N) is 1. The van der Waals surface area contributed by atoms with Crippen molar-refractivity contribution in [3.05, 3.63) is 23.3 Å². The fourth-order valence-corrected chi connectivity index (χ4v) is 7.48. The number of amides is 2. The lowest BCUT2D eigenvalue weighted by Gasteiger charge is -2.44. The Labute approximate surface area is 221 Å². The Morgan fingerprint density at radius 1 is 1.08 bits per heavy atom. The molecular formula is C29H48N2O6. The highest BCUT2D eigenvalue weighted by atomic mass is 16.4. The molecule has 1 aliphatic heterocycles. The third-order valence-electron chi connectivity index (χ3n) is 9.35. The van der Waals surface area contributed by atoms with Crippen molar-refractivity contribution < 1.29 is 30.0 Å². The average molecular weight is 521 g/mol. The molecule has 0 aromatic carbocycles. The predicted octanol–water partition coefficient (Wildman–Crippen LogP) is 3.98. The average Bonchev–Trinajstić information content (AvgIpc) is 3.20. The second-order valence-electron chi connectivity index (χ2n) is 12.1. The van der Waals surface area contributed by atoms with Gasteiger partial charge in [0.05, 0.1) is 12.2 Å². The van der Waals surface area contributed by atoms with Crippen LogP contribution in [0.3, 0.4) is 0 Å². The van der Waals surface area contributed by atoms with Gasteiger partial charge in [-0.15, -0.1) is 0 Å². The van der Waals surface area contributed by atoms with Gasteiger partial charge in [0.15, 0.2) is 6.10 Å². The van der Waals surface area contributed by atoms with Crippen LogP contribution in [0.5, 0.6) is 0 Å². The van der Waals surface area contributed by atoms with E-state index in [4.69, 9.17) is 10.8 Å². The maximum Gasteiger partial charge on any atom is 0.332 e. The number of likely N-dealkylation sites (tertiary alicyclic amines) is 1. The summed E-state index contributed by atoms with van der Waals surface area (Å²) >= 11 is 0. The monoisotopic (exact) mass is 520 g/mol. The molecule has 6 N–H and O–H groups in total. The van der Waals surface area contributed by atoms with Crippen LogP contribution < -0.4 is 5.73 Å². The van der Waals surface area contributed by atoms with Crippen LogP contribution in [0.1, 0.15) is 90.9 Å². The highest BCUT2D eigenvalue weighted by Crippen LogP contribution is 2.59. The first-order valence-electron chi connectivity index (χ1n) is 14.2. The molecule has 0 aromatic heterocycles. The number of fused-ring (bicyclic) bond motifs is 1. The molecule has 0 bridgehead atoms. The Balaban J connectivity index is 0.000000356. The fourth-order valence-electron chi connectivity index (χ4n) is 7.48. The fraction of sp³-hybridized carbons (Fsp3) is 0.793. The quantitative estimate of drug-likeness (QED) is 0.371. The maximum atomic E-state index is 11.0. The molecular weight excluding hydrogens is 472 g/mol. The molecule has 0 aromatic rings. The number of carboxylic acids is 1. The smallest absolute Gasteiger partial charge is 0.332 e. The second-order valence-corrected chi connectivity index (χ2v) is 12.1. The van der Waals surface area contributed by atoms with E-state index in [9.17, 15) is 24.9 Å². The molecule has 8 nitrogen and oxygen atoms in total. The normalized spacial score (nSPS) is 34.7. The summed E-state index contributed by atoms with van der Waals surface area (Å²) in [6.45, 7) is 6.16. The van der Waals surface area contributed by atoms with Crippen molar-refractivity contribution in [3.63, 3.8) is 0 Å². The molecule has 1 heterocycles. The second kappa shape index (κ2) is 13.3. The Bertz CT molecular complexity index is 839. The van der Waals surface area contributed by atoms with E-state index < -0.39 is 24.3 Å². The summed E-state index contributed by atoms with van der Waals surface area (Å²) in [6.07, 6.45) is 13.3. The van der Waals surface area contributed by atoms with Gasteiger partial charge in [-0.1, -0.05) is 37.1 Å². The lowest BCUT2D eigenvalue weighted by atomic mass is 9.60. The minimum absolute atomic E-state index is 0.159. The Morgan fingerprint density at radius 2 is 1.73 bits per heavy atom. The van der Waals surface area contributed by atoms with E-state index in [-0.39, 0.29) is 17.4 Å². The molecule has 3 aliphatic carbocycles. The highest BCUT2D eigenvalue weighted by Gasteiger charge is 2.50. The topological polar surface area (TPSA) is 144 Å². The van der Waals surface area contributed by atoms with Gasteiger partial charge in [-0.2, -0.15) is 0 Å². The maximum absolute atomic E-state index is 11.0. The summed E-state index contributed by atoms with van der Waals surface area (Å²) in [7, 11) is 0. The molecule has 4 rings (SSSR count). The van der Waals surface area contributed by atoms with Gasteiger partial charge < -0.3 is 31.1 Å². The number of hydrogen-bond donors (Lipinski definition) is 5. The number of nitrogens with zero attached hydrogens (tertiary/aromatic N) is 1. The predicted molar refractivity (Wildman–Crippen MR) is 143 cm³/mol. The summed E-state index contributed by atoms with van der Waals surface area (Å²) in [5, 5.41) is 38.6. The van der Waals surface area contributed by atoms with Crippen molar-refractivity contribution in [2.45, 2.75) is 109 Å². The van der Waals surface area contributed by atoms with E-state index in [1.165, 1.54) is 12.0 Å². The number of aliphatic hydroxyl groups is 3. The Morgan fingerprint density at radius 3 is 2.30 bits per heavy atom. The molecule has 0 radical (unpaired) electrons. The first-order valence-corrected chi connectivity index (χ1v) is 14.2. The number of rotatable bonds is 5. The molecule has 8 heteroatoms. The van der Waals surface area contributed by atoms with Crippen LogP contribution in [0.15, 0.2) is 23.3 Å². The van der Waals surface area contributed by atoms with Gasteiger partial charge >= 0.3 is 12.0 Å². The van der Waals surface area contributed by atoms with Crippen molar-refractivity contribution in [2.24, 2.45) is 28.9 Å². The van der Waals surface area contributed by atoms with E-state index in [1.54, 1.807) is 4.90 Å². The summed E-state index contributed by atoms with van der Waals surface area (Å²) < 4.78 is 0. The largest absolute Gasteiger partial charge is 0.479 e. The van der Waals surface area contributed by atoms with Crippen LogP contribution >= 0.6 is 0 Å². The Hall–Kier alpha value is -1.90. The van der Waals surface area contributed by atoms with Gasteiger partial charge in [0.25, 0.3) is 0 Å². The van der Waals surface area contributed by atoms with Gasteiger partial charge in [0.1, 0.15) is 0 Å². The molecule has 1 unspecified atom stereocenters. The molecule has 0 spiro atoms. The van der Waals surface area contributed by atoms with Gasteiger partial charge in [0, 0.05) is 13.1 Å². The number of hydrogen-bond acceptors (Lipinski definition) is 5. The molecule has 1 saturated heterocycles. The van der Waals surface area contributed by atoms with Crippen molar-refractivity contribution >= 4 is 12.0 Å². The molecule has 3 saturated carbocycles. The Kier molecular flexibility index (Phi) is 10.6. The van der Waals surface area contributed by atoms with Crippen LogP contribution in [0.25, 0.3) is 0 Å². The van der Waals surface area contributed by atoms with E-state index in [2.05, 4.69) is 26.0 Å². The zero-order valence-corrected chi connectivity index (χ0v) is 22.6. The zero-order valence-electron chi connectivity index (χ0n) is 22.6. The number of urea groups is 1. The van der Waals surface area contributed by atoms with Crippen LogP contribution in [0, 0.1) is 23.2 Å². The van der Waals surface area contributed by atoms with Gasteiger partial charge in [-0.05, 0) is 100 Å². The number of carbonyl (C=O) groups is 2. The van der Waals surface area contributed by atoms with Crippen molar-refractivity contribution in [1.82, 2.24) is 4.90 Å². The van der Waals surface area contributed by atoms with Crippen molar-refractivity contribution in [3.8, 4) is 0 Å². The number of allylic oxidation sites excluding steroid dienone is 3. The van der Waals surface area contributed by atoms with E-state index in [0.29, 0.717) is 37.5 Å². The third-order valence-corrected chi connectivity index (χ3v) is 9.35. The summed E-state index contributed by atoms with van der Waals surface area (Å²) in [6, 6.07) is -0.269. The third kappa shape index (κ3) is 7.80. The van der Waals surface area contributed by atoms with E-state index >= 15 is 0 Å². The van der Waals surface area contributed by atoms with Gasteiger partial charge in [0.2, 0.25) is 0 Å². The van der Waals surface area contributed by atoms with Gasteiger partial charge in [-0.3, -0.25) is 0 Å². The SMILES string of the molecule is C[C@H](CC(O)C(=O)O)[C@H]1CC[C@H]2C(=CC=C3C[C@@H](O)C[C@H](O)C3)CCC[C@]12C.NC(=O)N1CCCCC1. The molecule has 37 heavy (non-hydrogen) atoms. The highest BCUT2D eigenvalue weighted by molar-refractivity contribution is 5.72. The van der Waals surface area contributed by atoms with Crippen LogP contribution in [0.2, 0.25) is 0 Å². The summed E-state index contributed by atoms with van der Waals surface area (Å²) in [4.78, 5) is 23.2. The number of aliphatic carboxylic acids is 1. The first kappa shape index (κ1) is 29.7. The number of carboxylic acid groups (broad SMARTS) is 1. The molecule has 210 valence electrons. The lowest BCUT2D eigenvalue weighted by molar-refractivity contribution is -0.147. The molecule has 4 aliphatic rings. The first-order chi connectivity index (χ1) is 17.5. The van der Waals surface area contributed by atoms with Crippen LogP contribution in [-0.2, 0) is 4.79 Å². The van der Waals surface area contributed by atoms with Crippen molar-refractivity contribution in [1.29, 1.82) is 0 Å². The zero-order chi connectivity index (χ0) is 27.2. The van der Waals surface area contributed by atoms with Crippen LogP contribution in [-0.4, -0.2) is 68.7 Å². The van der Waals surface area contributed by atoms with E-state index in [1.807, 2.05) is 0 Å². The summed E-state index contributed by atoms with van der Waals surface area (Å²) in [5.74, 6) is -0.00570. The number of carbonyl (C=O) groups excluding carboxylic acids is 1. The number of aliphatic hydroxyl groups excluding tert-OH is 3. The van der Waals surface area contributed by atoms with Gasteiger partial charge in [-0.25, -0.2) is 9.59 Å². The number of primary amides is 1. The minimum atomic E-state index is -1.27.